The third kappa shape index (κ3) is 5.16. The molecule has 1 rings (SSSR count). The van der Waals surface area contributed by atoms with E-state index >= 15 is 0 Å². The first-order chi connectivity index (χ1) is 8.28. The number of anilines is 1. The Balaban J connectivity index is 2.61. The van der Waals surface area contributed by atoms with Gasteiger partial charge < -0.3 is 15.2 Å². The summed E-state index contributed by atoms with van der Waals surface area (Å²) >= 11 is 0. The maximum atomic E-state index is 11.9. The second kappa shape index (κ2) is 5.84. The summed E-state index contributed by atoms with van der Waals surface area (Å²) in [6, 6.07) is 4.55. The lowest BCUT2D eigenvalue weighted by molar-refractivity contribution is -0.139. The Hall–Kier alpha value is -1.59. The van der Waals surface area contributed by atoms with Gasteiger partial charge in [0.25, 0.3) is 0 Å². The molecule has 2 N–H and O–H groups in total. The van der Waals surface area contributed by atoms with Gasteiger partial charge in [-0.1, -0.05) is 0 Å². The van der Waals surface area contributed by atoms with E-state index < -0.39 is 19.2 Å². The summed E-state index contributed by atoms with van der Waals surface area (Å²) in [4.78, 5) is 0. The van der Waals surface area contributed by atoms with Crippen molar-refractivity contribution < 1.29 is 22.6 Å². The van der Waals surface area contributed by atoms with Gasteiger partial charge in [0.15, 0.2) is 0 Å². The van der Waals surface area contributed by atoms with E-state index in [2.05, 4.69) is 0 Å². The molecule has 1 aromatic rings. The second-order valence-electron chi connectivity index (χ2n) is 4.08. The van der Waals surface area contributed by atoms with Crippen LogP contribution in [0.3, 0.4) is 0 Å². The number of rotatable bonds is 5. The number of benzene rings is 1. The molecule has 0 spiro atoms. The summed E-state index contributed by atoms with van der Waals surface area (Å²) < 4.78 is 46.3. The largest absolute Gasteiger partial charge is 0.493 e. The fourth-order valence-corrected chi connectivity index (χ4v) is 1.25. The average molecular weight is 263 g/mol. The molecule has 102 valence electrons. The van der Waals surface area contributed by atoms with Crippen molar-refractivity contribution in [2.45, 2.75) is 32.5 Å². The van der Waals surface area contributed by atoms with Crippen LogP contribution in [0.2, 0.25) is 0 Å². The van der Waals surface area contributed by atoms with Crippen molar-refractivity contribution in [3.8, 4) is 11.5 Å². The van der Waals surface area contributed by atoms with Gasteiger partial charge in [0.2, 0.25) is 0 Å². The van der Waals surface area contributed by atoms with Gasteiger partial charge in [-0.15, -0.1) is 0 Å². The molecule has 0 saturated carbocycles. The maximum Gasteiger partial charge on any atom is 0.392 e. The van der Waals surface area contributed by atoms with Gasteiger partial charge in [-0.05, 0) is 26.0 Å². The van der Waals surface area contributed by atoms with Crippen LogP contribution in [0.4, 0.5) is 18.9 Å². The zero-order valence-corrected chi connectivity index (χ0v) is 10.3. The van der Waals surface area contributed by atoms with Crippen LogP contribution in [-0.4, -0.2) is 18.9 Å². The first kappa shape index (κ1) is 14.5. The molecule has 18 heavy (non-hydrogen) atoms. The van der Waals surface area contributed by atoms with Gasteiger partial charge in [-0.3, -0.25) is 0 Å². The molecule has 0 aliphatic carbocycles. The molecular weight excluding hydrogens is 247 g/mol. The standard InChI is InChI=1S/C12H16F3NO2/c1-8(2)18-11-7-9(3-4-10(11)16)17-6-5-12(13,14)15/h3-4,7-8H,5-6,16H2,1-2H3. The number of nitrogens with two attached hydrogens (primary N) is 1. The Morgan fingerprint density at radius 3 is 2.50 bits per heavy atom. The molecule has 6 heteroatoms. The molecule has 0 heterocycles. The van der Waals surface area contributed by atoms with Gasteiger partial charge in [-0.25, -0.2) is 0 Å². The predicted octanol–water partition coefficient (Wildman–Crippen LogP) is 3.39. The Morgan fingerprint density at radius 2 is 1.94 bits per heavy atom. The van der Waals surface area contributed by atoms with Crippen LogP contribution in [0.5, 0.6) is 11.5 Å². The SMILES string of the molecule is CC(C)Oc1cc(OCCC(F)(F)F)ccc1N. The molecule has 0 aliphatic rings. The first-order valence-electron chi connectivity index (χ1n) is 5.53. The van der Waals surface area contributed by atoms with E-state index in [1.165, 1.54) is 12.1 Å². The number of ether oxygens (including phenoxy) is 2. The van der Waals surface area contributed by atoms with Crippen molar-refractivity contribution >= 4 is 5.69 Å². The van der Waals surface area contributed by atoms with E-state index in [-0.39, 0.29) is 6.10 Å². The summed E-state index contributed by atoms with van der Waals surface area (Å²) in [6.07, 6.45) is -5.28. The smallest absolute Gasteiger partial charge is 0.392 e. The lowest BCUT2D eigenvalue weighted by atomic mass is 10.2. The summed E-state index contributed by atoms with van der Waals surface area (Å²) in [5.41, 5.74) is 6.10. The van der Waals surface area contributed by atoms with Crippen LogP contribution in [0.25, 0.3) is 0 Å². The normalized spacial score (nSPS) is 11.7. The van der Waals surface area contributed by atoms with Crippen molar-refractivity contribution in [1.82, 2.24) is 0 Å². The molecule has 0 fully saturated rings. The third-order valence-corrected chi connectivity index (χ3v) is 2.00. The molecule has 0 atom stereocenters. The van der Waals surface area contributed by atoms with Crippen LogP contribution in [0.15, 0.2) is 18.2 Å². The van der Waals surface area contributed by atoms with Crippen LogP contribution < -0.4 is 15.2 Å². The quantitative estimate of drug-likeness (QED) is 0.828. The van der Waals surface area contributed by atoms with Crippen molar-refractivity contribution in [1.29, 1.82) is 0 Å². The molecule has 3 nitrogen and oxygen atoms in total. The fraction of sp³-hybridized carbons (Fsp3) is 0.500. The topological polar surface area (TPSA) is 44.5 Å². The minimum absolute atomic E-state index is 0.0716. The zero-order chi connectivity index (χ0) is 13.8. The number of hydrogen-bond donors (Lipinski definition) is 1. The lowest BCUT2D eigenvalue weighted by Gasteiger charge is -2.14. The number of alkyl halides is 3. The highest BCUT2D eigenvalue weighted by Gasteiger charge is 2.26. The van der Waals surface area contributed by atoms with Crippen LogP contribution >= 0.6 is 0 Å². The van der Waals surface area contributed by atoms with E-state index in [1.807, 2.05) is 13.8 Å². The predicted molar refractivity (Wildman–Crippen MR) is 62.8 cm³/mol. The molecule has 1 aromatic carbocycles. The van der Waals surface area contributed by atoms with Gasteiger partial charge in [-0.2, -0.15) is 13.2 Å². The van der Waals surface area contributed by atoms with Crippen molar-refractivity contribution in [2.75, 3.05) is 12.3 Å². The maximum absolute atomic E-state index is 11.9. The van der Waals surface area contributed by atoms with Crippen LogP contribution in [0, 0.1) is 0 Å². The Kier molecular flexibility index (Phi) is 4.69. The molecule has 0 unspecified atom stereocenters. The summed E-state index contributed by atoms with van der Waals surface area (Å²) in [6.45, 7) is 3.24. The number of halogens is 3. The lowest BCUT2D eigenvalue weighted by Crippen LogP contribution is -2.13. The Bertz CT molecular complexity index is 391. The van der Waals surface area contributed by atoms with Crippen LogP contribution in [0.1, 0.15) is 20.3 Å². The van der Waals surface area contributed by atoms with Gasteiger partial charge in [0.1, 0.15) is 11.5 Å². The molecule has 0 aliphatic heterocycles. The minimum Gasteiger partial charge on any atom is -0.493 e. The van der Waals surface area contributed by atoms with Gasteiger partial charge >= 0.3 is 6.18 Å². The summed E-state index contributed by atoms with van der Waals surface area (Å²) in [5.74, 6) is 0.721. The van der Waals surface area contributed by atoms with E-state index in [0.29, 0.717) is 17.2 Å². The molecule has 0 aromatic heterocycles. The zero-order valence-electron chi connectivity index (χ0n) is 10.3. The van der Waals surface area contributed by atoms with E-state index in [0.717, 1.165) is 0 Å². The highest BCUT2D eigenvalue weighted by molar-refractivity contribution is 5.55. The number of nitrogen functional groups attached to an aromatic ring is 1. The fourth-order valence-electron chi connectivity index (χ4n) is 1.25. The Labute approximate surface area is 104 Å². The van der Waals surface area contributed by atoms with Crippen LogP contribution in [-0.2, 0) is 0 Å². The van der Waals surface area contributed by atoms with E-state index in [4.69, 9.17) is 15.2 Å². The highest BCUT2D eigenvalue weighted by atomic mass is 19.4. The van der Waals surface area contributed by atoms with Gasteiger partial charge in [0, 0.05) is 6.07 Å². The molecule has 0 amide bonds. The molecule has 0 bridgehead atoms. The highest BCUT2D eigenvalue weighted by Crippen LogP contribution is 2.28. The minimum atomic E-state index is -4.22. The first-order valence-corrected chi connectivity index (χ1v) is 5.53. The average Bonchev–Trinajstić information content (AvgIpc) is 2.20. The Morgan fingerprint density at radius 1 is 1.28 bits per heavy atom. The molecule has 0 radical (unpaired) electrons. The summed E-state index contributed by atoms with van der Waals surface area (Å²) in [7, 11) is 0. The van der Waals surface area contributed by atoms with Gasteiger partial charge in [0.05, 0.1) is 24.8 Å². The van der Waals surface area contributed by atoms with Crippen molar-refractivity contribution in [2.24, 2.45) is 0 Å². The van der Waals surface area contributed by atoms with E-state index in [9.17, 15) is 13.2 Å². The molecule has 0 saturated heterocycles. The van der Waals surface area contributed by atoms with Crippen molar-refractivity contribution in [3.63, 3.8) is 0 Å². The van der Waals surface area contributed by atoms with E-state index in [1.54, 1.807) is 6.07 Å². The second-order valence-corrected chi connectivity index (χ2v) is 4.08. The summed E-state index contributed by atoms with van der Waals surface area (Å²) in [5, 5.41) is 0. The third-order valence-electron chi connectivity index (χ3n) is 2.00. The monoisotopic (exact) mass is 263 g/mol. The molecular formula is C12H16F3NO2. The van der Waals surface area contributed by atoms with Crippen molar-refractivity contribution in [3.05, 3.63) is 18.2 Å². The number of hydrogen-bond acceptors (Lipinski definition) is 3.